The SMILES string of the molecule is CCN(CCC(=O)OC)c1nccn(C)c1=O. The molecule has 0 saturated carbocycles. The van der Waals surface area contributed by atoms with Gasteiger partial charge in [-0.25, -0.2) is 4.98 Å². The summed E-state index contributed by atoms with van der Waals surface area (Å²) in [4.78, 5) is 28.7. The molecule has 6 heteroatoms. The van der Waals surface area contributed by atoms with E-state index in [0.29, 0.717) is 18.9 Å². The van der Waals surface area contributed by atoms with E-state index in [1.165, 1.54) is 11.7 Å². The lowest BCUT2D eigenvalue weighted by molar-refractivity contribution is -0.140. The number of aryl methyl sites for hydroxylation is 1. The van der Waals surface area contributed by atoms with Crippen LogP contribution < -0.4 is 10.5 Å². The zero-order valence-electron chi connectivity index (χ0n) is 10.3. The number of carbonyl (C=O) groups is 1. The van der Waals surface area contributed by atoms with Gasteiger partial charge in [0, 0.05) is 32.5 Å². The fourth-order valence-electron chi connectivity index (χ4n) is 1.44. The standard InChI is InChI=1S/C11H17N3O3/c1-4-14(7-5-9(15)17-3)10-11(16)13(2)8-6-12-10/h6,8H,4-5,7H2,1-3H3. The number of methoxy groups -OCH3 is 1. The first-order valence-electron chi connectivity index (χ1n) is 5.43. The van der Waals surface area contributed by atoms with Gasteiger partial charge in [0.1, 0.15) is 0 Å². The van der Waals surface area contributed by atoms with Crippen LogP contribution in [0, 0.1) is 0 Å². The van der Waals surface area contributed by atoms with Crippen molar-refractivity contribution in [3.8, 4) is 0 Å². The Morgan fingerprint density at radius 3 is 2.88 bits per heavy atom. The summed E-state index contributed by atoms with van der Waals surface area (Å²) in [5.41, 5.74) is -0.167. The summed E-state index contributed by atoms with van der Waals surface area (Å²) in [7, 11) is 3.01. The van der Waals surface area contributed by atoms with E-state index in [1.807, 2.05) is 6.92 Å². The van der Waals surface area contributed by atoms with Crippen LogP contribution in [0.3, 0.4) is 0 Å². The molecular weight excluding hydrogens is 222 g/mol. The van der Waals surface area contributed by atoms with Crippen LogP contribution in [0.2, 0.25) is 0 Å². The summed E-state index contributed by atoms with van der Waals surface area (Å²) in [6.07, 6.45) is 3.40. The fourth-order valence-corrected chi connectivity index (χ4v) is 1.44. The Hall–Kier alpha value is -1.85. The van der Waals surface area contributed by atoms with Crippen LogP contribution in [-0.2, 0) is 16.6 Å². The molecule has 0 spiro atoms. The van der Waals surface area contributed by atoms with Crippen molar-refractivity contribution in [3.05, 3.63) is 22.7 Å². The number of hydrogen-bond acceptors (Lipinski definition) is 5. The van der Waals surface area contributed by atoms with E-state index in [2.05, 4.69) is 9.72 Å². The molecule has 0 amide bonds. The lowest BCUT2D eigenvalue weighted by Gasteiger charge is -2.20. The Kier molecular flexibility index (Phi) is 4.68. The van der Waals surface area contributed by atoms with Crippen molar-refractivity contribution in [3.63, 3.8) is 0 Å². The topological polar surface area (TPSA) is 64.4 Å². The first-order chi connectivity index (χ1) is 8.10. The van der Waals surface area contributed by atoms with Crippen LogP contribution in [0.25, 0.3) is 0 Å². The first kappa shape index (κ1) is 13.2. The van der Waals surface area contributed by atoms with Gasteiger partial charge in [-0.05, 0) is 6.92 Å². The number of rotatable bonds is 5. The summed E-state index contributed by atoms with van der Waals surface area (Å²) in [5.74, 6) is 0.0672. The quantitative estimate of drug-likeness (QED) is 0.685. The van der Waals surface area contributed by atoms with E-state index in [1.54, 1.807) is 24.3 Å². The first-order valence-corrected chi connectivity index (χ1v) is 5.43. The van der Waals surface area contributed by atoms with Crippen LogP contribution in [0.15, 0.2) is 17.2 Å². The molecule has 0 aliphatic heterocycles. The predicted octanol–water partition coefficient (Wildman–Crippen LogP) is 0.170. The summed E-state index contributed by atoms with van der Waals surface area (Å²) in [6.45, 7) is 2.95. The highest BCUT2D eigenvalue weighted by atomic mass is 16.5. The Balaban J connectivity index is 2.83. The third-order valence-corrected chi connectivity index (χ3v) is 2.49. The third kappa shape index (κ3) is 3.30. The second kappa shape index (κ2) is 6.03. The molecule has 17 heavy (non-hydrogen) atoms. The van der Waals surface area contributed by atoms with E-state index < -0.39 is 0 Å². The Morgan fingerprint density at radius 1 is 1.59 bits per heavy atom. The zero-order valence-corrected chi connectivity index (χ0v) is 10.3. The summed E-state index contributed by atoms with van der Waals surface area (Å²) in [6, 6.07) is 0. The average molecular weight is 239 g/mol. The van der Waals surface area contributed by atoms with E-state index >= 15 is 0 Å². The van der Waals surface area contributed by atoms with E-state index in [-0.39, 0.29) is 17.9 Å². The maximum absolute atomic E-state index is 11.8. The minimum Gasteiger partial charge on any atom is -0.469 e. The molecule has 94 valence electrons. The van der Waals surface area contributed by atoms with Gasteiger partial charge in [-0.2, -0.15) is 0 Å². The number of aromatic nitrogens is 2. The molecule has 6 nitrogen and oxygen atoms in total. The highest BCUT2D eigenvalue weighted by Gasteiger charge is 2.12. The molecule has 1 heterocycles. The Morgan fingerprint density at radius 2 is 2.29 bits per heavy atom. The van der Waals surface area contributed by atoms with Crippen molar-refractivity contribution in [2.45, 2.75) is 13.3 Å². The normalized spacial score (nSPS) is 10.1. The summed E-state index contributed by atoms with van der Waals surface area (Å²) in [5, 5.41) is 0. The largest absolute Gasteiger partial charge is 0.469 e. The van der Waals surface area contributed by atoms with Crippen molar-refractivity contribution < 1.29 is 9.53 Å². The summed E-state index contributed by atoms with van der Waals surface area (Å²) < 4.78 is 6.03. The predicted molar refractivity (Wildman–Crippen MR) is 64.0 cm³/mol. The number of anilines is 1. The molecule has 0 atom stereocenters. The molecule has 0 unspecified atom stereocenters. The lowest BCUT2D eigenvalue weighted by Crippen LogP contribution is -2.34. The number of esters is 1. The van der Waals surface area contributed by atoms with Crippen molar-refractivity contribution in [1.82, 2.24) is 9.55 Å². The highest BCUT2D eigenvalue weighted by Crippen LogP contribution is 2.04. The smallest absolute Gasteiger partial charge is 0.307 e. The van der Waals surface area contributed by atoms with Gasteiger partial charge >= 0.3 is 5.97 Å². The van der Waals surface area contributed by atoms with Crippen LogP contribution in [0.1, 0.15) is 13.3 Å². The van der Waals surface area contributed by atoms with Gasteiger partial charge in [0.2, 0.25) is 0 Å². The number of hydrogen-bond donors (Lipinski definition) is 0. The molecule has 0 fully saturated rings. The van der Waals surface area contributed by atoms with E-state index in [9.17, 15) is 9.59 Å². The van der Waals surface area contributed by atoms with Crippen molar-refractivity contribution >= 4 is 11.8 Å². The van der Waals surface area contributed by atoms with Gasteiger partial charge in [-0.3, -0.25) is 9.59 Å². The molecule has 1 aromatic rings. The van der Waals surface area contributed by atoms with Crippen LogP contribution in [-0.4, -0.2) is 35.7 Å². The average Bonchev–Trinajstić information content (AvgIpc) is 2.34. The molecule has 1 rings (SSSR count). The fraction of sp³-hybridized carbons (Fsp3) is 0.545. The summed E-state index contributed by atoms with van der Waals surface area (Å²) >= 11 is 0. The zero-order chi connectivity index (χ0) is 12.8. The monoisotopic (exact) mass is 239 g/mol. The number of carbonyl (C=O) groups excluding carboxylic acids is 1. The minimum atomic E-state index is -0.295. The lowest BCUT2D eigenvalue weighted by atomic mass is 10.3. The molecule has 1 aromatic heterocycles. The van der Waals surface area contributed by atoms with Crippen LogP contribution in [0.4, 0.5) is 5.82 Å². The minimum absolute atomic E-state index is 0.167. The van der Waals surface area contributed by atoms with Gasteiger partial charge in [0.25, 0.3) is 5.56 Å². The van der Waals surface area contributed by atoms with Gasteiger partial charge in [0.05, 0.1) is 13.5 Å². The van der Waals surface area contributed by atoms with Gasteiger partial charge in [-0.15, -0.1) is 0 Å². The second-order valence-electron chi connectivity index (χ2n) is 3.57. The Labute approximate surface area is 99.8 Å². The number of nitrogens with zero attached hydrogens (tertiary/aromatic N) is 3. The maximum atomic E-state index is 11.8. The molecule has 0 saturated heterocycles. The Bertz CT molecular complexity index is 442. The van der Waals surface area contributed by atoms with Crippen LogP contribution >= 0.6 is 0 Å². The van der Waals surface area contributed by atoms with Crippen LogP contribution in [0.5, 0.6) is 0 Å². The third-order valence-electron chi connectivity index (χ3n) is 2.49. The number of ether oxygens (including phenoxy) is 1. The molecule has 0 aliphatic carbocycles. The van der Waals surface area contributed by atoms with E-state index in [4.69, 9.17) is 0 Å². The maximum Gasteiger partial charge on any atom is 0.307 e. The van der Waals surface area contributed by atoms with Gasteiger partial charge < -0.3 is 14.2 Å². The molecule has 0 radical (unpaired) electrons. The van der Waals surface area contributed by atoms with E-state index in [0.717, 1.165) is 0 Å². The highest BCUT2D eigenvalue weighted by molar-refractivity contribution is 5.69. The molecular formula is C11H17N3O3. The molecule has 0 bridgehead atoms. The molecule has 0 aliphatic rings. The van der Waals surface area contributed by atoms with Crippen molar-refractivity contribution in [1.29, 1.82) is 0 Å². The second-order valence-corrected chi connectivity index (χ2v) is 3.57. The van der Waals surface area contributed by atoms with Crippen molar-refractivity contribution in [2.75, 3.05) is 25.1 Å². The van der Waals surface area contributed by atoms with Gasteiger partial charge in [0.15, 0.2) is 5.82 Å². The van der Waals surface area contributed by atoms with Gasteiger partial charge in [-0.1, -0.05) is 0 Å². The molecule has 0 aromatic carbocycles. The molecule has 0 N–H and O–H groups in total. The van der Waals surface area contributed by atoms with Crippen molar-refractivity contribution in [2.24, 2.45) is 7.05 Å².